The average Bonchev–Trinajstić information content (AvgIpc) is 2.59. The Morgan fingerprint density at radius 3 is 2.33 bits per heavy atom. The standard InChI is InChI=1S/C19H33N3O3S.HI/c1-17(2)15-25-13-7-11-21-19(20-3)22-12-8-14-26(23,24)16-18-9-5-4-6-10-18;/h4-6,9-10,17H,7-8,11-16H2,1-3H3,(H2,20,21,22);1H. The van der Waals surface area contributed by atoms with Crippen LogP contribution >= 0.6 is 24.0 Å². The zero-order valence-electron chi connectivity index (χ0n) is 16.6. The van der Waals surface area contributed by atoms with Crippen molar-refractivity contribution >= 4 is 39.8 Å². The van der Waals surface area contributed by atoms with Crippen LogP contribution in [0.5, 0.6) is 0 Å². The van der Waals surface area contributed by atoms with E-state index in [-0.39, 0.29) is 35.5 Å². The summed E-state index contributed by atoms with van der Waals surface area (Å²) in [6.45, 7) is 7.10. The summed E-state index contributed by atoms with van der Waals surface area (Å²) >= 11 is 0. The summed E-state index contributed by atoms with van der Waals surface area (Å²) in [7, 11) is -1.39. The number of benzene rings is 1. The molecule has 0 saturated heterocycles. The number of hydrogen-bond donors (Lipinski definition) is 2. The van der Waals surface area contributed by atoms with Crippen LogP contribution in [0.25, 0.3) is 0 Å². The number of sulfone groups is 1. The Bertz CT molecular complexity index is 622. The zero-order valence-corrected chi connectivity index (χ0v) is 19.8. The van der Waals surface area contributed by atoms with Crippen molar-refractivity contribution in [3.63, 3.8) is 0 Å². The van der Waals surface area contributed by atoms with Crippen LogP contribution in [-0.4, -0.2) is 53.5 Å². The van der Waals surface area contributed by atoms with E-state index in [9.17, 15) is 8.42 Å². The first-order valence-corrected chi connectivity index (χ1v) is 11.0. The highest BCUT2D eigenvalue weighted by Gasteiger charge is 2.11. The molecule has 8 heteroatoms. The maximum Gasteiger partial charge on any atom is 0.190 e. The molecule has 0 bridgehead atoms. The first-order chi connectivity index (χ1) is 12.4. The van der Waals surface area contributed by atoms with Gasteiger partial charge >= 0.3 is 0 Å². The van der Waals surface area contributed by atoms with Crippen LogP contribution in [0.1, 0.15) is 32.3 Å². The van der Waals surface area contributed by atoms with Gasteiger partial charge < -0.3 is 15.4 Å². The van der Waals surface area contributed by atoms with Crippen molar-refractivity contribution in [3.05, 3.63) is 35.9 Å². The molecule has 1 aromatic rings. The molecule has 0 aliphatic heterocycles. The third-order valence-electron chi connectivity index (χ3n) is 3.59. The van der Waals surface area contributed by atoms with E-state index < -0.39 is 9.84 Å². The lowest BCUT2D eigenvalue weighted by Gasteiger charge is -2.12. The molecule has 1 aromatic carbocycles. The fourth-order valence-corrected chi connectivity index (χ4v) is 3.75. The Balaban J connectivity index is 0.00000676. The molecule has 0 aliphatic rings. The van der Waals surface area contributed by atoms with E-state index >= 15 is 0 Å². The topological polar surface area (TPSA) is 79.8 Å². The van der Waals surface area contributed by atoms with Crippen molar-refractivity contribution in [3.8, 4) is 0 Å². The molecular weight excluding hydrogens is 477 g/mol. The van der Waals surface area contributed by atoms with Crippen molar-refractivity contribution < 1.29 is 13.2 Å². The molecule has 0 unspecified atom stereocenters. The third kappa shape index (κ3) is 13.9. The van der Waals surface area contributed by atoms with Crippen LogP contribution in [0, 0.1) is 5.92 Å². The van der Waals surface area contributed by atoms with Crippen molar-refractivity contribution in [1.82, 2.24) is 10.6 Å². The molecule has 0 atom stereocenters. The number of rotatable bonds is 12. The summed E-state index contributed by atoms with van der Waals surface area (Å²) in [6.07, 6.45) is 1.45. The molecule has 0 spiro atoms. The second-order valence-corrected chi connectivity index (χ2v) is 8.86. The lowest BCUT2D eigenvalue weighted by Crippen LogP contribution is -2.38. The van der Waals surface area contributed by atoms with E-state index in [1.165, 1.54) is 0 Å². The van der Waals surface area contributed by atoms with E-state index in [1.807, 2.05) is 30.3 Å². The van der Waals surface area contributed by atoms with Gasteiger partial charge in [-0.25, -0.2) is 8.42 Å². The molecular formula is C19H34IN3O3S. The molecule has 2 N–H and O–H groups in total. The molecule has 0 aromatic heterocycles. The second-order valence-electron chi connectivity index (χ2n) is 6.68. The SMILES string of the molecule is CN=C(NCCCOCC(C)C)NCCCS(=O)(=O)Cc1ccccc1.I. The highest BCUT2D eigenvalue weighted by Crippen LogP contribution is 2.06. The molecule has 0 fully saturated rings. The number of nitrogens with one attached hydrogen (secondary N) is 2. The summed E-state index contributed by atoms with van der Waals surface area (Å²) < 4.78 is 29.8. The highest BCUT2D eigenvalue weighted by molar-refractivity contribution is 14.0. The Labute approximate surface area is 181 Å². The third-order valence-corrected chi connectivity index (χ3v) is 5.27. The Morgan fingerprint density at radius 1 is 1.11 bits per heavy atom. The van der Waals surface area contributed by atoms with Crippen molar-refractivity contribution in [2.24, 2.45) is 10.9 Å². The average molecular weight is 511 g/mol. The van der Waals surface area contributed by atoms with Crippen LogP contribution in [0.4, 0.5) is 0 Å². The van der Waals surface area contributed by atoms with E-state index in [2.05, 4.69) is 29.5 Å². The molecule has 6 nitrogen and oxygen atoms in total. The van der Waals surface area contributed by atoms with Gasteiger partial charge in [0.25, 0.3) is 0 Å². The van der Waals surface area contributed by atoms with Crippen LogP contribution in [0.15, 0.2) is 35.3 Å². The predicted molar refractivity (Wildman–Crippen MR) is 124 cm³/mol. The zero-order chi connectivity index (χ0) is 19.3. The van der Waals surface area contributed by atoms with Crippen LogP contribution in [-0.2, 0) is 20.3 Å². The summed E-state index contributed by atoms with van der Waals surface area (Å²) in [5, 5.41) is 6.35. The van der Waals surface area contributed by atoms with Crippen molar-refractivity contribution in [2.75, 3.05) is 39.1 Å². The maximum absolute atomic E-state index is 12.1. The van der Waals surface area contributed by atoms with Crippen LogP contribution in [0.2, 0.25) is 0 Å². The Kier molecular flexibility index (Phi) is 14.6. The first kappa shape index (κ1) is 26.1. The van der Waals surface area contributed by atoms with E-state index in [1.54, 1.807) is 7.05 Å². The lowest BCUT2D eigenvalue weighted by atomic mass is 10.2. The fourth-order valence-electron chi connectivity index (χ4n) is 2.32. The van der Waals surface area contributed by atoms with Gasteiger partial charge in [0.15, 0.2) is 15.8 Å². The molecule has 1 rings (SSSR count). The van der Waals surface area contributed by atoms with Crippen molar-refractivity contribution in [1.29, 1.82) is 0 Å². The number of aliphatic imine (C=N–C) groups is 1. The molecule has 27 heavy (non-hydrogen) atoms. The number of halogens is 1. The van der Waals surface area contributed by atoms with E-state index in [0.29, 0.717) is 24.8 Å². The fraction of sp³-hybridized carbons (Fsp3) is 0.632. The number of nitrogens with zero attached hydrogens (tertiary/aromatic N) is 1. The van der Waals surface area contributed by atoms with Crippen molar-refractivity contribution in [2.45, 2.75) is 32.4 Å². The summed E-state index contributed by atoms with van der Waals surface area (Å²) in [4.78, 5) is 4.14. The smallest absolute Gasteiger partial charge is 0.190 e. The minimum Gasteiger partial charge on any atom is -0.381 e. The molecule has 0 saturated carbocycles. The van der Waals surface area contributed by atoms with Gasteiger partial charge in [-0.15, -0.1) is 24.0 Å². The minimum absolute atomic E-state index is 0. The van der Waals surface area contributed by atoms with Gasteiger partial charge in [-0.1, -0.05) is 44.2 Å². The van der Waals surface area contributed by atoms with E-state index in [0.717, 1.165) is 31.7 Å². The number of ether oxygens (including phenoxy) is 1. The second kappa shape index (κ2) is 15.1. The highest BCUT2D eigenvalue weighted by atomic mass is 127. The molecule has 0 amide bonds. The predicted octanol–water partition coefficient (Wildman–Crippen LogP) is 2.84. The van der Waals surface area contributed by atoms with Gasteiger partial charge in [-0.3, -0.25) is 4.99 Å². The van der Waals surface area contributed by atoms with Gasteiger partial charge in [0.05, 0.1) is 11.5 Å². The molecule has 156 valence electrons. The quantitative estimate of drug-likeness (QED) is 0.195. The van der Waals surface area contributed by atoms with Gasteiger partial charge in [-0.05, 0) is 24.3 Å². The van der Waals surface area contributed by atoms with E-state index in [4.69, 9.17) is 4.74 Å². The molecule has 0 aliphatic carbocycles. The van der Waals surface area contributed by atoms with Crippen LogP contribution < -0.4 is 10.6 Å². The Hall–Kier alpha value is -0.870. The Morgan fingerprint density at radius 2 is 1.74 bits per heavy atom. The largest absolute Gasteiger partial charge is 0.381 e. The molecule has 0 radical (unpaired) electrons. The maximum atomic E-state index is 12.1. The summed E-state index contributed by atoms with van der Waals surface area (Å²) in [6, 6.07) is 9.28. The van der Waals surface area contributed by atoms with Gasteiger partial charge in [0.1, 0.15) is 0 Å². The summed E-state index contributed by atoms with van der Waals surface area (Å²) in [5.74, 6) is 1.50. The number of hydrogen-bond acceptors (Lipinski definition) is 4. The van der Waals surface area contributed by atoms with Crippen LogP contribution in [0.3, 0.4) is 0 Å². The number of guanidine groups is 1. The first-order valence-electron chi connectivity index (χ1n) is 9.19. The van der Waals surface area contributed by atoms with Gasteiger partial charge in [0.2, 0.25) is 0 Å². The summed E-state index contributed by atoms with van der Waals surface area (Å²) in [5.41, 5.74) is 0.831. The lowest BCUT2D eigenvalue weighted by molar-refractivity contribution is 0.108. The van der Waals surface area contributed by atoms with Gasteiger partial charge in [-0.2, -0.15) is 0 Å². The molecule has 0 heterocycles. The minimum atomic E-state index is -3.09. The normalized spacial score (nSPS) is 11.9. The monoisotopic (exact) mass is 511 g/mol. The van der Waals surface area contributed by atoms with Gasteiger partial charge in [0, 0.05) is 33.4 Å².